The van der Waals surface area contributed by atoms with Gasteiger partial charge in [0.1, 0.15) is 6.20 Å². The second-order valence-electron chi connectivity index (χ2n) is 3.57. The van der Waals surface area contributed by atoms with E-state index in [0.717, 1.165) is 22.8 Å². The Morgan fingerprint density at radius 2 is 1.74 bits per heavy atom. The Bertz CT molecular complexity index is 711. The van der Waals surface area contributed by atoms with E-state index in [9.17, 15) is 18.5 Å². The summed E-state index contributed by atoms with van der Waals surface area (Å²) in [7, 11) is -3.75. The number of pyridine rings is 1. The molecule has 0 N–H and O–H groups in total. The molecule has 8 heteroatoms. The number of benzene rings is 1. The molecule has 1 heterocycles. The van der Waals surface area contributed by atoms with Gasteiger partial charge in [0.05, 0.1) is 9.82 Å². The number of sulfone groups is 1. The Morgan fingerprint density at radius 3 is 2.21 bits per heavy atom. The van der Waals surface area contributed by atoms with E-state index in [1.165, 1.54) is 12.1 Å². The van der Waals surface area contributed by atoms with Crippen LogP contribution in [-0.2, 0) is 9.84 Å². The van der Waals surface area contributed by atoms with Crippen LogP contribution in [0.4, 0.5) is 5.69 Å². The van der Waals surface area contributed by atoms with Crippen molar-refractivity contribution in [3.8, 4) is 0 Å². The number of hydrogen-bond acceptors (Lipinski definition) is 5. The summed E-state index contributed by atoms with van der Waals surface area (Å²) in [6.07, 6.45) is 0.922. The molecule has 0 bridgehead atoms. The van der Waals surface area contributed by atoms with Gasteiger partial charge in [-0.3, -0.25) is 10.1 Å². The monoisotopic (exact) mass is 342 g/mol. The average Bonchev–Trinajstić information content (AvgIpc) is 2.39. The summed E-state index contributed by atoms with van der Waals surface area (Å²) in [5, 5.41) is 10.3. The maximum Gasteiger partial charge on any atom is 0.287 e. The largest absolute Gasteiger partial charge is 0.287 e. The Balaban J connectivity index is 2.44. The van der Waals surface area contributed by atoms with Crippen LogP contribution in [0.25, 0.3) is 0 Å². The fourth-order valence-electron chi connectivity index (χ4n) is 1.37. The van der Waals surface area contributed by atoms with Gasteiger partial charge in [0.15, 0.2) is 5.03 Å². The molecular formula is C11H7BrN2O4S. The summed E-state index contributed by atoms with van der Waals surface area (Å²) in [5.41, 5.74) is -0.255. The minimum absolute atomic E-state index is 0.0806. The van der Waals surface area contributed by atoms with Crippen molar-refractivity contribution in [1.82, 2.24) is 4.98 Å². The fraction of sp³-hybridized carbons (Fsp3) is 0. The van der Waals surface area contributed by atoms with E-state index < -0.39 is 14.8 Å². The molecule has 0 saturated heterocycles. The Morgan fingerprint density at radius 1 is 1.11 bits per heavy atom. The van der Waals surface area contributed by atoms with Gasteiger partial charge >= 0.3 is 0 Å². The zero-order valence-electron chi connectivity index (χ0n) is 9.36. The first-order valence-electron chi connectivity index (χ1n) is 5.02. The lowest BCUT2D eigenvalue weighted by molar-refractivity contribution is -0.385. The molecule has 6 nitrogen and oxygen atoms in total. The molecule has 0 amide bonds. The SMILES string of the molecule is O=[N+]([O-])c1ccc(S(=O)(=O)c2ccc(Br)cc2)nc1. The second kappa shape index (κ2) is 5.06. The van der Waals surface area contributed by atoms with Crippen molar-refractivity contribution in [2.45, 2.75) is 9.92 Å². The standard InChI is InChI=1S/C11H7BrN2O4S/c12-8-1-4-10(5-2-8)19(17,18)11-6-3-9(7-13-11)14(15)16/h1-7H. The molecule has 1 aromatic carbocycles. The highest BCUT2D eigenvalue weighted by atomic mass is 79.9. The molecule has 2 rings (SSSR count). The lowest BCUT2D eigenvalue weighted by Crippen LogP contribution is -2.04. The van der Waals surface area contributed by atoms with E-state index in [2.05, 4.69) is 20.9 Å². The third-order valence-electron chi connectivity index (χ3n) is 2.33. The van der Waals surface area contributed by atoms with Gasteiger partial charge in [-0.2, -0.15) is 0 Å². The smallest absolute Gasteiger partial charge is 0.258 e. The van der Waals surface area contributed by atoms with Crippen LogP contribution < -0.4 is 0 Å². The van der Waals surface area contributed by atoms with Crippen LogP contribution in [0, 0.1) is 10.1 Å². The molecule has 0 atom stereocenters. The number of hydrogen-bond donors (Lipinski definition) is 0. The van der Waals surface area contributed by atoms with Crippen molar-refractivity contribution in [3.05, 3.63) is 57.2 Å². The lowest BCUT2D eigenvalue weighted by Gasteiger charge is -2.03. The van der Waals surface area contributed by atoms with E-state index in [0.29, 0.717) is 0 Å². The highest BCUT2D eigenvalue weighted by Crippen LogP contribution is 2.22. The van der Waals surface area contributed by atoms with E-state index in [1.54, 1.807) is 12.1 Å². The van der Waals surface area contributed by atoms with E-state index in [1.807, 2.05) is 0 Å². The molecule has 2 aromatic rings. The number of aromatic nitrogens is 1. The molecule has 0 radical (unpaired) electrons. The number of nitrogens with zero attached hydrogens (tertiary/aromatic N) is 2. The van der Waals surface area contributed by atoms with Gasteiger partial charge in [-0.05, 0) is 30.3 Å². The Kier molecular flexibility index (Phi) is 3.63. The third kappa shape index (κ3) is 2.79. The second-order valence-corrected chi connectivity index (χ2v) is 6.38. The highest BCUT2D eigenvalue weighted by Gasteiger charge is 2.20. The van der Waals surface area contributed by atoms with Crippen LogP contribution in [0.15, 0.2) is 57.0 Å². The van der Waals surface area contributed by atoms with Crippen LogP contribution in [0.5, 0.6) is 0 Å². The van der Waals surface area contributed by atoms with Crippen molar-refractivity contribution >= 4 is 31.5 Å². The highest BCUT2D eigenvalue weighted by molar-refractivity contribution is 9.10. The van der Waals surface area contributed by atoms with Gasteiger partial charge in [-0.15, -0.1) is 0 Å². The molecule has 98 valence electrons. The predicted octanol–water partition coefficient (Wildman–Crippen LogP) is 2.59. The number of rotatable bonds is 3. The van der Waals surface area contributed by atoms with Crippen molar-refractivity contribution in [3.63, 3.8) is 0 Å². The minimum Gasteiger partial charge on any atom is -0.258 e. The Labute approximate surface area is 117 Å². The molecule has 0 aliphatic heterocycles. The summed E-state index contributed by atoms with van der Waals surface area (Å²) >= 11 is 3.21. The van der Waals surface area contributed by atoms with Crippen molar-refractivity contribution < 1.29 is 13.3 Å². The van der Waals surface area contributed by atoms with Gasteiger partial charge in [0, 0.05) is 10.5 Å². The van der Waals surface area contributed by atoms with Crippen LogP contribution in [0.2, 0.25) is 0 Å². The quantitative estimate of drug-likeness (QED) is 0.631. The predicted molar refractivity (Wildman–Crippen MR) is 70.5 cm³/mol. The van der Waals surface area contributed by atoms with E-state index in [4.69, 9.17) is 0 Å². The van der Waals surface area contributed by atoms with Crippen molar-refractivity contribution in [2.24, 2.45) is 0 Å². The maximum atomic E-state index is 12.2. The van der Waals surface area contributed by atoms with E-state index >= 15 is 0 Å². The number of halogens is 1. The van der Waals surface area contributed by atoms with Gasteiger partial charge < -0.3 is 0 Å². The van der Waals surface area contributed by atoms with Crippen LogP contribution in [0.3, 0.4) is 0 Å². The summed E-state index contributed by atoms with van der Waals surface area (Å²) in [5.74, 6) is 0. The maximum absolute atomic E-state index is 12.2. The first-order chi connectivity index (χ1) is 8.91. The van der Waals surface area contributed by atoms with E-state index in [-0.39, 0.29) is 15.6 Å². The summed E-state index contributed by atoms with van der Waals surface area (Å²) < 4.78 is 25.1. The van der Waals surface area contributed by atoms with Crippen LogP contribution in [0.1, 0.15) is 0 Å². The number of nitro groups is 1. The zero-order valence-corrected chi connectivity index (χ0v) is 11.8. The van der Waals surface area contributed by atoms with Gasteiger partial charge in [0.25, 0.3) is 5.69 Å². The van der Waals surface area contributed by atoms with Crippen LogP contribution in [-0.4, -0.2) is 18.3 Å². The Hall–Kier alpha value is -1.80. The normalized spacial score (nSPS) is 11.2. The lowest BCUT2D eigenvalue weighted by atomic mass is 10.4. The molecule has 0 aliphatic carbocycles. The molecule has 0 aliphatic rings. The molecule has 0 fully saturated rings. The first-order valence-corrected chi connectivity index (χ1v) is 7.30. The summed E-state index contributed by atoms with van der Waals surface area (Å²) in [6.45, 7) is 0. The molecule has 0 spiro atoms. The molecule has 0 saturated carbocycles. The van der Waals surface area contributed by atoms with Gasteiger partial charge in [0.2, 0.25) is 9.84 Å². The molecule has 0 unspecified atom stereocenters. The molecule has 1 aromatic heterocycles. The molecular weight excluding hydrogens is 336 g/mol. The topological polar surface area (TPSA) is 90.2 Å². The van der Waals surface area contributed by atoms with Crippen molar-refractivity contribution in [1.29, 1.82) is 0 Å². The minimum atomic E-state index is -3.75. The molecule has 19 heavy (non-hydrogen) atoms. The van der Waals surface area contributed by atoms with Gasteiger partial charge in [-0.1, -0.05) is 15.9 Å². The first kappa shape index (κ1) is 13.6. The van der Waals surface area contributed by atoms with Gasteiger partial charge in [-0.25, -0.2) is 13.4 Å². The summed E-state index contributed by atoms with van der Waals surface area (Å²) in [4.78, 5) is 13.6. The summed E-state index contributed by atoms with van der Waals surface area (Å²) in [6, 6.07) is 8.29. The third-order valence-corrected chi connectivity index (χ3v) is 4.54. The van der Waals surface area contributed by atoms with Crippen molar-refractivity contribution in [2.75, 3.05) is 0 Å². The zero-order chi connectivity index (χ0) is 14.0. The van der Waals surface area contributed by atoms with Crippen LogP contribution >= 0.6 is 15.9 Å². The average molecular weight is 343 g/mol. The fourth-order valence-corrected chi connectivity index (χ4v) is 2.81.